The molecule has 0 N–H and O–H groups in total. The maximum Gasteiger partial charge on any atom is 0.140 e. The molecule has 1 aromatic rings. The fourth-order valence-electron chi connectivity index (χ4n) is 0.942. The molecule has 0 bridgehead atoms. The van der Waals surface area contributed by atoms with E-state index in [0.717, 1.165) is 0 Å². The average Bonchev–Trinajstić information content (AvgIpc) is 2.09. The molecule has 0 aliphatic heterocycles. The van der Waals surface area contributed by atoms with E-state index in [4.69, 9.17) is 5.26 Å². The summed E-state index contributed by atoms with van der Waals surface area (Å²) in [6.45, 7) is 1.69. The number of aryl methyl sites for hydroxylation is 1. The second-order valence-corrected chi connectivity index (χ2v) is 3.21. The Morgan fingerprint density at radius 2 is 2.17 bits per heavy atom. The maximum absolute atomic E-state index is 13.3. The summed E-state index contributed by atoms with van der Waals surface area (Å²) in [6, 6.07) is 5.22. The molecule has 0 atom stereocenters. The van der Waals surface area contributed by atoms with E-state index in [1.807, 2.05) is 6.07 Å². The monoisotopic (exact) mass is 181 g/mol. The van der Waals surface area contributed by atoms with Crippen molar-refractivity contribution in [1.82, 2.24) is 0 Å². The van der Waals surface area contributed by atoms with E-state index in [0.29, 0.717) is 16.0 Å². The van der Waals surface area contributed by atoms with Crippen molar-refractivity contribution in [3.05, 3.63) is 29.1 Å². The van der Waals surface area contributed by atoms with Crippen LogP contribution in [0.25, 0.3) is 0 Å². The summed E-state index contributed by atoms with van der Waals surface area (Å²) in [5.41, 5.74) is 0.990. The smallest absolute Gasteiger partial charge is 0.140 e. The molecule has 1 rings (SSSR count). The second kappa shape index (κ2) is 3.59. The molecular weight excluding hydrogens is 173 g/mol. The Kier molecular flexibility index (Phi) is 2.72. The molecule has 0 radical (unpaired) electrons. The van der Waals surface area contributed by atoms with E-state index in [2.05, 4.69) is 0 Å². The summed E-state index contributed by atoms with van der Waals surface area (Å²) in [4.78, 5) is 0.442. The lowest BCUT2D eigenvalue weighted by molar-refractivity contribution is 0.592. The molecule has 0 saturated heterocycles. The van der Waals surface area contributed by atoms with Gasteiger partial charge in [0.05, 0.1) is 10.5 Å². The van der Waals surface area contributed by atoms with Crippen molar-refractivity contribution in [2.75, 3.05) is 6.26 Å². The predicted molar refractivity (Wildman–Crippen MR) is 47.6 cm³/mol. The summed E-state index contributed by atoms with van der Waals surface area (Å²) in [7, 11) is 0. The fourth-order valence-corrected chi connectivity index (χ4v) is 1.62. The zero-order valence-corrected chi connectivity index (χ0v) is 7.70. The Morgan fingerprint density at radius 1 is 1.50 bits per heavy atom. The minimum atomic E-state index is -0.276. The Morgan fingerprint density at radius 3 is 2.67 bits per heavy atom. The molecule has 0 saturated carbocycles. The Bertz CT molecular complexity index is 341. The molecule has 12 heavy (non-hydrogen) atoms. The van der Waals surface area contributed by atoms with Crippen LogP contribution in [0.5, 0.6) is 0 Å². The number of nitriles is 1. The lowest BCUT2D eigenvalue weighted by Gasteiger charge is -2.03. The zero-order chi connectivity index (χ0) is 9.14. The summed E-state index contributed by atoms with van der Waals surface area (Å²) in [5.74, 6) is -0.276. The number of hydrogen-bond donors (Lipinski definition) is 0. The second-order valence-electron chi connectivity index (χ2n) is 2.39. The summed E-state index contributed by atoms with van der Waals surface area (Å²) >= 11 is 1.26. The summed E-state index contributed by atoms with van der Waals surface area (Å²) in [5, 5.41) is 8.63. The fraction of sp³-hybridized carbons (Fsp3) is 0.222. The summed E-state index contributed by atoms with van der Waals surface area (Å²) in [6.07, 6.45) is 1.76. The van der Waals surface area contributed by atoms with Crippen LogP contribution in [-0.2, 0) is 0 Å². The molecule has 0 aliphatic rings. The van der Waals surface area contributed by atoms with Crippen molar-refractivity contribution >= 4 is 11.8 Å². The number of nitrogens with zero attached hydrogens (tertiary/aromatic N) is 1. The normalized spacial score (nSPS) is 9.50. The molecule has 0 unspecified atom stereocenters. The topological polar surface area (TPSA) is 23.8 Å². The van der Waals surface area contributed by atoms with E-state index >= 15 is 0 Å². The van der Waals surface area contributed by atoms with Gasteiger partial charge in [-0.2, -0.15) is 5.26 Å². The first kappa shape index (κ1) is 9.08. The minimum absolute atomic E-state index is 0.276. The SMILES string of the molecule is CSc1c(C#N)ccc(C)c1F. The molecule has 3 heteroatoms. The quantitative estimate of drug-likeness (QED) is 0.622. The molecular formula is C9H8FNS. The third kappa shape index (κ3) is 1.44. The largest absolute Gasteiger partial charge is 0.205 e. The van der Waals surface area contributed by atoms with Crippen molar-refractivity contribution < 1.29 is 4.39 Å². The van der Waals surface area contributed by atoms with Crippen molar-refractivity contribution in [2.45, 2.75) is 11.8 Å². The number of rotatable bonds is 1. The number of hydrogen-bond acceptors (Lipinski definition) is 2. The predicted octanol–water partition coefficient (Wildman–Crippen LogP) is 2.73. The van der Waals surface area contributed by atoms with Crippen LogP contribution in [-0.4, -0.2) is 6.26 Å². The Hall–Kier alpha value is -1.01. The van der Waals surface area contributed by atoms with Gasteiger partial charge >= 0.3 is 0 Å². The number of halogens is 1. The van der Waals surface area contributed by atoms with Gasteiger partial charge in [0, 0.05) is 0 Å². The first-order valence-corrected chi connectivity index (χ1v) is 4.66. The van der Waals surface area contributed by atoms with Gasteiger partial charge in [0.1, 0.15) is 11.9 Å². The first-order valence-electron chi connectivity index (χ1n) is 3.44. The number of benzene rings is 1. The van der Waals surface area contributed by atoms with Crippen LogP contribution in [0.3, 0.4) is 0 Å². The molecule has 0 spiro atoms. The van der Waals surface area contributed by atoms with Crippen LogP contribution >= 0.6 is 11.8 Å². The van der Waals surface area contributed by atoms with Gasteiger partial charge in [-0.1, -0.05) is 6.07 Å². The van der Waals surface area contributed by atoms with Crippen molar-refractivity contribution in [3.63, 3.8) is 0 Å². The van der Waals surface area contributed by atoms with Crippen molar-refractivity contribution in [2.24, 2.45) is 0 Å². The average molecular weight is 181 g/mol. The zero-order valence-electron chi connectivity index (χ0n) is 6.89. The van der Waals surface area contributed by atoms with Crippen LogP contribution < -0.4 is 0 Å². The van der Waals surface area contributed by atoms with Crippen LogP contribution in [0.4, 0.5) is 4.39 Å². The molecule has 1 nitrogen and oxygen atoms in total. The van der Waals surface area contributed by atoms with Crippen LogP contribution in [0.15, 0.2) is 17.0 Å². The highest BCUT2D eigenvalue weighted by atomic mass is 32.2. The van der Waals surface area contributed by atoms with Crippen molar-refractivity contribution in [1.29, 1.82) is 5.26 Å². The molecule has 0 amide bonds. The van der Waals surface area contributed by atoms with Gasteiger partial charge in [0.15, 0.2) is 0 Å². The van der Waals surface area contributed by atoms with E-state index in [1.165, 1.54) is 11.8 Å². The van der Waals surface area contributed by atoms with E-state index in [9.17, 15) is 4.39 Å². The van der Waals surface area contributed by atoms with E-state index in [1.54, 1.807) is 25.3 Å². The highest BCUT2D eigenvalue weighted by molar-refractivity contribution is 7.98. The third-order valence-corrected chi connectivity index (χ3v) is 2.42. The highest BCUT2D eigenvalue weighted by Crippen LogP contribution is 2.25. The van der Waals surface area contributed by atoms with Gasteiger partial charge in [-0.05, 0) is 24.8 Å². The van der Waals surface area contributed by atoms with E-state index in [-0.39, 0.29) is 5.82 Å². The van der Waals surface area contributed by atoms with Crippen LogP contribution in [0, 0.1) is 24.1 Å². The van der Waals surface area contributed by atoms with Gasteiger partial charge in [-0.15, -0.1) is 11.8 Å². The Balaban J connectivity index is 3.38. The third-order valence-electron chi connectivity index (χ3n) is 1.61. The molecule has 0 aliphatic carbocycles. The minimum Gasteiger partial charge on any atom is -0.205 e. The van der Waals surface area contributed by atoms with E-state index < -0.39 is 0 Å². The highest BCUT2D eigenvalue weighted by Gasteiger charge is 2.08. The summed E-state index contributed by atoms with van der Waals surface area (Å²) < 4.78 is 13.3. The van der Waals surface area contributed by atoms with Gasteiger partial charge in [-0.3, -0.25) is 0 Å². The van der Waals surface area contributed by atoms with Crippen molar-refractivity contribution in [3.8, 4) is 6.07 Å². The number of thioether (sulfide) groups is 1. The van der Waals surface area contributed by atoms with Crippen LogP contribution in [0.2, 0.25) is 0 Å². The molecule has 0 aromatic heterocycles. The Labute approximate surface area is 75.2 Å². The lowest BCUT2D eigenvalue weighted by atomic mass is 10.1. The van der Waals surface area contributed by atoms with Gasteiger partial charge in [0.2, 0.25) is 0 Å². The van der Waals surface area contributed by atoms with Gasteiger partial charge in [0.25, 0.3) is 0 Å². The van der Waals surface area contributed by atoms with Gasteiger partial charge in [-0.25, -0.2) is 4.39 Å². The van der Waals surface area contributed by atoms with Gasteiger partial charge < -0.3 is 0 Å². The lowest BCUT2D eigenvalue weighted by Crippen LogP contribution is -1.89. The standard InChI is InChI=1S/C9H8FNS/c1-6-3-4-7(5-11)9(12-2)8(6)10/h3-4H,1-2H3. The molecule has 1 aromatic carbocycles. The molecule has 0 fully saturated rings. The molecule has 0 heterocycles. The first-order chi connectivity index (χ1) is 5.70. The molecule has 62 valence electrons. The van der Waals surface area contributed by atoms with Crippen LogP contribution in [0.1, 0.15) is 11.1 Å². The maximum atomic E-state index is 13.3.